The zero-order valence-electron chi connectivity index (χ0n) is 11.6. The van der Waals surface area contributed by atoms with Gasteiger partial charge in [0.2, 0.25) is 0 Å². The molecular formula is C16H25NO. The molecule has 0 aromatic heterocycles. The summed E-state index contributed by atoms with van der Waals surface area (Å²) in [4.78, 5) is 2.46. The van der Waals surface area contributed by atoms with Gasteiger partial charge in [0.25, 0.3) is 0 Å². The van der Waals surface area contributed by atoms with Crippen LogP contribution in [0.1, 0.15) is 38.7 Å². The molecule has 1 aliphatic rings. The molecule has 0 saturated carbocycles. The van der Waals surface area contributed by atoms with E-state index in [2.05, 4.69) is 49.1 Å². The minimum atomic E-state index is 0.286. The summed E-state index contributed by atoms with van der Waals surface area (Å²) in [5.41, 5.74) is 1.77. The Morgan fingerprint density at radius 3 is 2.44 bits per heavy atom. The highest BCUT2D eigenvalue weighted by molar-refractivity contribution is 5.15. The summed E-state index contributed by atoms with van der Waals surface area (Å²) in [7, 11) is 0. The molecule has 100 valence electrons. The van der Waals surface area contributed by atoms with Crippen molar-refractivity contribution in [3.05, 3.63) is 35.9 Å². The van der Waals surface area contributed by atoms with Crippen LogP contribution in [0.4, 0.5) is 0 Å². The molecule has 2 heteroatoms. The largest absolute Gasteiger partial charge is 0.395 e. The fraction of sp³-hybridized carbons (Fsp3) is 0.625. The van der Waals surface area contributed by atoms with Gasteiger partial charge in [-0.15, -0.1) is 0 Å². The first-order valence-corrected chi connectivity index (χ1v) is 7.12. The standard InChI is InChI=1S/C16H25NO/c1-3-16(4-2)10-15(12-18)17(13-16)11-14-8-6-5-7-9-14/h5-9,15,18H,3-4,10-13H2,1-2H3. The molecule has 1 atom stereocenters. The van der Waals surface area contributed by atoms with Crippen LogP contribution in [0.2, 0.25) is 0 Å². The summed E-state index contributed by atoms with van der Waals surface area (Å²) in [6, 6.07) is 10.9. The van der Waals surface area contributed by atoms with Gasteiger partial charge in [-0.05, 0) is 30.2 Å². The molecule has 1 saturated heterocycles. The predicted octanol–water partition coefficient (Wildman–Crippen LogP) is 3.06. The maximum Gasteiger partial charge on any atom is 0.0587 e. The van der Waals surface area contributed by atoms with E-state index >= 15 is 0 Å². The normalized spacial score (nSPS) is 23.4. The maximum absolute atomic E-state index is 9.60. The lowest BCUT2D eigenvalue weighted by Crippen LogP contribution is -2.32. The van der Waals surface area contributed by atoms with E-state index in [0.29, 0.717) is 11.5 Å². The highest BCUT2D eigenvalue weighted by Gasteiger charge is 2.40. The molecule has 2 nitrogen and oxygen atoms in total. The zero-order valence-corrected chi connectivity index (χ0v) is 11.6. The predicted molar refractivity (Wildman–Crippen MR) is 75.4 cm³/mol. The second-order valence-electron chi connectivity index (χ2n) is 5.64. The van der Waals surface area contributed by atoms with Gasteiger partial charge in [0.1, 0.15) is 0 Å². The average Bonchev–Trinajstić information content (AvgIpc) is 2.79. The Kier molecular flexibility index (Phi) is 4.41. The molecule has 1 aromatic carbocycles. The van der Waals surface area contributed by atoms with Crippen LogP contribution in [0.3, 0.4) is 0 Å². The third-order valence-corrected chi connectivity index (χ3v) is 4.66. The smallest absolute Gasteiger partial charge is 0.0587 e. The summed E-state index contributed by atoms with van der Waals surface area (Å²) < 4.78 is 0. The van der Waals surface area contributed by atoms with Crippen molar-refractivity contribution in [1.29, 1.82) is 0 Å². The molecule has 18 heavy (non-hydrogen) atoms. The minimum absolute atomic E-state index is 0.286. The summed E-state index contributed by atoms with van der Waals surface area (Å²) >= 11 is 0. The molecule has 1 heterocycles. The topological polar surface area (TPSA) is 23.5 Å². The Bertz CT molecular complexity index is 359. The second kappa shape index (κ2) is 5.85. The third-order valence-electron chi connectivity index (χ3n) is 4.66. The lowest BCUT2D eigenvalue weighted by molar-refractivity contribution is 0.152. The molecule has 2 rings (SSSR count). The number of aliphatic hydroxyl groups excluding tert-OH is 1. The Labute approximate surface area is 111 Å². The Morgan fingerprint density at radius 2 is 1.89 bits per heavy atom. The molecule has 1 fully saturated rings. The van der Waals surface area contributed by atoms with Gasteiger partial charge < -0.3 is 5.11 Å². The van der Waals surface area contributed by atoms with Gasteiger partial charge in [0, 0.05) is 19.1 Å². The van der Waals surface area contributed by atoms with Crippen LogP contribution in [0, 0.1) is 5.41 Å². The van der Waals surface area contributed by atoms with Crippen molar-refractivity contribution >= 4 is 0 Å². The van der Waals surface area contributed by atoms with Crippen molar-refractivity contribution in [2.75, 3.05) is 13.2 Å². The van der Waals surface area contributed by atoms with Gasteiger partial charge in [0.05, 0.1) is 6.61 Å². The average molecular weight is 247 g/mol. The molecule has 1 aliphatic heterocycles. The third kappa shape index (κ3) is 2.76. The molecule has 0 radical (unpaired) electrons. The molecule has 0 amide bonds. The summed E-state index contributed by atoms with van der Waals surface area (Å²) in [5, 5.41) is 9.60. The van der Waals surface area contributed by atoms with Crippen LogP contribution in [0.25, 0.3) is 0 Å². The van der Waals surface area contributed by atoms with Gasteiger partial charge >= 0.3 is 0 Å². The molecule has 0 spiro atoms. The summed E-state index contributed by atoms with van der Waals surface area (Å²) in [6.07, 6.45) is 3.57. The van der Waals surface area contributed by atoms with Gasteiger partial charge in [-0.2, -0.15) is 0 Å². The second-order valence-corrected chi connectivity index (χ2v) is 5.64. The number of benzene rings is 1. The van der Waals surface area contributed by atoms with Crippen molar-refractivity contribution in [2.45, 2.75) is 45.7 Å². The quantitative estimate of drug-likeness (QED) is 0.864. The zero-order chi connectivity index (χ0) is 13.0. The van der Waals surface area contributed by atoms with Crippen LogP contribution in [-0.4, -0.2) is 29.2 Å². The van der Waals surface area contributed by atoms with Crippen LogP contribution in [-0.2, 0) is 6.54 Å². The molecule has 1 N–H and O–H groups in total. The van der Waals surface area contributed by atoms with E-state index in [4.69, 9.17) is 0 Å². The highest BCUT2D eigenvalue weighted by Crippen LogP contribution is 2.41. The fourth-order valence-corrected chi connectivity index (χ4v) is 3.20. The number of aliphatic hydroxyl groups is 1. The SMILES string of the molecule is CCC1(CC)CC(CO)N(Cc2ccccc2)C1. The van der Waals surface area contributed by atoms with E-state index in [-0.39, 0.29) is 6.61 Å². The maximum atomic E-state index is 9.60. The van der Waals surface area contributed by atoms with Gasteiger partial charge in [-0.1, -0.05) is 44.2 Å². The van der Waals surface area contributed by atoms with E-state index in [1.165, 1.54) is 18.4 Å². The Morgan fingerprint density at radius 1 is 1.22 bits per heavy atom. The molecule has 0 aliphatic carbocycles. The molecule has 1 aromatic rings. The first kappa shape index (κ1) is 13.6. The fourth-order valence-electron chi connectivity index (χ4n) is 3.20. The van der Waals surface area contributed by atoms with Crippen molar-refractivity contribution < 1.29 is 5.11 Å². The van der Waals surface area contributed by atoms with Crippen LogP contribution >= 0.6 is 0 Å². The molecule has 1 unspecified atom stereocenters. The number of hydrogen-bond acceptors (Lipinski definition) is 2. The molecular weight excluding hydrogens is 222 g/mol. The van der Waals surface area contributed by atoms with Crippen molar-refractivity contribution in [3.63, 3.8) is 0 Å². The van der Waals surface area contributed by atoms with Gasteiger partial charge in [-0.3, -0.25) is 4.90 Å². The number of nitrogens with zero attached hydrogens (tertiary/aromatic N) is 1. The first-order valence-electron chi connectivity index (χ1n) is 7.12. The number of rotatable bonds is 5. The van der Waals surface area contributed by atoms with E-state index in [1.54, 1.807) is 0 Å². The van der Waals surface area contributed by atoms with Crippen molar-refractivity contribution in [3.8, 4) is 0 Å². The summed E-state index contributed by atoms with van der Waals surface area (Å²) in [6.45, 7) is 6.94. The Hall–Kier alpha value is -0.860. The monoisotopic (exact) mass is 247 g/mol. The van der Waals surface area contributed by atoms with Crippen LogP contribution in [0.15, 0.2) is 30.3 Å². The number of hydrogen-bond donors (Lipinski definition) is 1. The molecule has 0 bridgehead atoms. The van der Waals surface area contributed by atoms with E-state index in [9.17, 15) is 5.11 Å². The Balaban J connectivity index is 2.08. The van der Waals surface area contributed by atoms with E-state index < -0.39 is 0 Å². The summed E-state index contributed by atoms with van der Waals surface area (Å²) in [5.74, 6) is 0. The van der Waals surface area contributed by atoms with E-state index in [0.717, 1.165) is 19.5 Å². The van der Waals surface area contributed by atoms with Crippen molar-refractivity contribution in [1.82, 2.24) is 4.90 Å². The van der Waals surface area contributed by atoms with E-state index in [1.807, 2.05) is 0 Å². The van der Waals surface area contributed by atoms with Gasteiger partial charge in [-0.25, -0.2) is 0 Å². The highest BCUT2D eigenvalue weighted by atomic mass is 16.3. The minimum Gasteiger partial charge on any atom is -0.395 e. The lowest BCUT2D eigenvalue weighted by Gasteiger charge is -2.26. The van der Waals surface area contributed by atoms with Crippen molar-refractivity contribution in [2.24, 2.45) is 5.41 Å². The number of likely N-dealkylation sites (tertiary alicyclic amines) is 1. The van der Waals surface area contributed by atoms with Gasteiger partial charge in [0.15, 0.2) is 0 Å². The van der Waals surface area contributed by atoms with Crippen LogP contribution < -0.4 is 0 Å². The van der Waals surface area contributed by atoms with Crippen LogP contribution in [0.5, 0.6) is 0 Å². The lowest BCUT2D eigenvalue weighted by atomic mass is 9.80. The first-order chi connectivity index (χ1) is 8.73.